The highest BCUT2D eigenvalue weighted by Crippen LogP contribution is 2.44. The Morgan fingerprint density at radius 2 is 1.75 bits per heavy atom. The molecule has 3 heteroatoms. The van der Waals surface area contributed by atoms with Crippen LogP contribution in [0.5, 0.6) is 11.5 Å². The van der Waals surface area contributed by atoms with Crippen molar-refractivity contribution in [2.45, 2.75) is 53.1 Å². The molecule has 24 heavy (non-hydrogen) atoms. The highest BCUT2D eigenvalue weighted by molar-refractivity contribution is 7.80. The molecule has 0 atom stereocenters. The minimum Gasteiger partial charge on any atom is -0.488 e. The molecule has 1 aliphatic rings. The number of hydrogen-bond acceptors (Lipinski definition) is 3. The lowest BCUT2D eigenvalue weighted by Crippen LogP contribution is -2.07. The summed E-state index contributed by atoms with van der Waals surface area (Å²) in [6.45, 7) is 8.64. The Bertz CT molecular complexity index is 776. The van der Waals surface area contributed by atoms with E-state index in [1.165, 1.54) is 29.5 Å². The molecular formula is C21H24O2S. The van der Waals surface area contributed by atoms with Crippen LogP contribution in [-0.4, -0.2) is 5.05 Å². The van der Waals surface area contributed by atoms with Gasteiger partial charge < -0.3 is 9.47 Å². The Kier molecular flexibility index (Phi) is 4.91. The number of thiocarbonyl (C=S) groups is 1. The van der Waals surface area contributed by atoms with Gasteiger partial charge in [0.05, 0.1) is 0 Å². The molecule has 0 aromatic heterocycles. The number of hydrogen-bond donors (Lipinski definition) is 0. The molecule has 1 saturated carbocycles. The van der Waals surface area contributed by atoms with Crippen molar-refractivity contribution in [1.82, 2.24) is 0 Å². The summed E-state index contributed by atoms with van der Waals surface area (Å²) in [7, 11) is 0. The Balaban J connectivity index is 1.88. The molecule has 1 aliphatic carbocycles. The van der Waals surface area contributed by atoms with E-state index < -0.39 is 0 Å². The first-order valence-electron chi connectivity index (χ1n) is 8.46. The lowest BCUT2D eigenvalue weighted by atomic mass is 10.0. The largest absolute Gasteiger partial charge is 0.488 e. The number of benzene rings is 2. The van der Waals surface area contributed by atoms with Crippen LogP contribution in [0, 0.1) is 20.8 Å². The lowest BCUT2D eigenvalue weighted by molar-refractivity contribution is 0.298. The van der Waals surface area contributed by atoms with E-state index in [0.29, 0.717) is 17.6 Å². The average molecular weight is 340 g/mol. The summed E-state index contributed by atoms with van der Waals surface area (Å²) in [4.78, 5) is 0. The van der Waals surface area contributed by atoms with Gasteiger partial charge in [0.15, 0.2) is 5.05 Å². The SMILES string of the molecule is CC(=S)Oc1cccc(C2CC2)c1COc1cc(C)c(C)cc1C. The number of aryl methyl sites for hydroxylation is 3. The van der Waals surface area contributed by atoms with Crippen LogP contribution < -0.4 is 9.47 Å². The van der Waals surface area contributed by atoms with Gasteiger partial charge in [-0.1, -0.05) is 18.2 Å². The summed E-state index contributed by atoms with van der Waals surface area (Å²) in [5.74, 6) is 2.40. The van der Waals surface area contributed by atoms with E-state index in [1.807, 2.05) is 12.1 Å². The van der Waals surface area contributed by atoms with Gasteiger partial charge in [-0.15, -0.1) is 0 Å². The van der Waals surface area contributed by atoms with Gasteiger partial charge in [0, 0.05) is 12.5 Å². The zero-order chi connectivity index (χ0) is 17.3. The van der Waals surface area contributed by atoms with Crippen LogP contribution in [0.15, 0.2) is 30.3 Å². The van der Waals surface area contributed by atoms with Crippen molar-refractivity contribution < 1.29 is 9.47 Å². The monoisotopic (exact) mass is 340 g/mol. The van der Waals surface area contributed by atoms with Gasteiger partial charge in [0.1, 0.15) is 18.1 Å². The van der Waals surface area contributed by atoms with Gasteiger partial charge in [0.25, 0.3) is 0 Å². The summed E-state index contributed by atoms with van der Waals surface area (Å²) >= 11 is 5.13. The van der Waals surface area contributed by atoms with Gasteiger partial charge in [-0.2, -0.15) is 0 Å². The molecule has 126 valence electrons. The van der Waals surface area contributed by atoms with Crippen LogP contribution in [0.1, 0.15) is 53.5 Å². The fourth-order valence-electron chi connectivity index (χ4n) is 3.00. The van der Waals surface area contributed by atoms with Crippen LogP contribution in [-0.2, 0) is 6.61 Å². The maximum atomic E-state index is 6.18. The minimum atomic E-state index is 0.508. The Morgan fingerprint density at radius 1 is 1.04 bits per heavy atom. The molecule has 0 saturated heterocycles. The highest BCUT2D eigenvalue weighted by atomic mass is 32.1. The van der Waals surface area contributed by atoms with Gasteiger partial charge >= 0.3 is 0 Å². The van der Waals surface area contributed by atoms with Crippen LogP contribution in [0.2, 0.25) is 0 Å². The first-order valence-corrected chi connectivity index (χ1v) is 8.87. The van der Waals surface area contributed by atoms with Crippen molar-refractivity contribution in [3.63, 3.8) is 0 Å². The third-order valence-corrected chi connectivity index (χ3v) is 4.69. The summed E-state index contributed by atoms with van der Waals surface area (Å²) in [5.41, 5.74) is 6.17. The Labute approximate surface area is 149 Å². The van der Waals surface area contributed by atoms with E-state index in [-0.39, 0.29) is 0 Å². The number of ether oxygens (including phenoxy) is 2. The molecule has 1 fully saturated rings. The molecule has 0 spiro atoms. The Hall–Kier alpha value is -1.87. The lowest BCUT2D eigenvalue weighted by Gasteiger charge is -2.17. The minimum absolute atomic E-state index is 0.508. The molecule has 0 amide bonds. The third-order valence-electron chi connectivity index (χ3n) is 4.60. The van der Waals surface area contributed by atoms with Crippen molar-refractivity contribution in [2.24, 2.45) is 0 Å². The molecule has 3 rings (SSSR count). The molecule has 0 aliphatic heterocycles. The zero-order valence-corrected chi connectivity index (χ0v) is 15.6. The van der Waals surface area contributed by atoms with E-state index in [9.17, 15) is 0 Å². The van der Waals surface area contributed by atoms with Crippen LogP contribution >= 0.6 is 12.2 Å². The van der Waals surface area contributed by atoms with E-state index in [0.717, 1.165) is 22.6 Å². The quantitative estimate of drug-likeness (QED) is 0.641. The predicted molar refractivity (Wildman–Crippen MR) is 102 cm³/mol. The molecule has 0 radical (unpaired) electrons. The maximum absolute atomic E-state index is 6.18. The van der Waals surface area contributed by atoms with Crippen LogP contribution in [0.3, 0.4) is 0 Å². The van der Waals surface area contributed by atoms with Crippen molar-refractivity contribution in [3.8, 4) is 11.5 Å². The molecule has 2 aromatic rings. The summed E-state index contributed by atoms with van der Waals surface area (Å²) < 4.78 is 12.0. The standard InChI is InChI=1S/C21H24O2S/c1-13-10-15(3)21(11-14(13)2)22-12-19-18(17-8-9-17)6-5-7-20(19)23-16(4)24/h5-7,10-11,17H,8-9,12H2,1-4H3. The summed E-state index contributed by atoms with van der Waals surface area (Å²) in [6.07, 6.45) is 2.49. The molecular weight excluding hydrogens is 316 g/mol. The molecule has 0 N–H and O–H groups in total. The zero-order valence-electron chi connectivity index (χ0n) is 14.8. The topological polar surface area (TPSA) is 18.5 Å². The van der Waals surface area contributed by atoms with E-state index in [4.69, 9.17) is 21.7 Å². The molecule has 2 nitrogen and oxygen atoms in total. The van der Waals surface area contributed by atoms with Gasteiger partial charge in [0.2, 0.25) is 0 Å². The smallest absolute Gasteiger partial charge is 0.164 e. The maximum Gasteiger partial charge on any atom is 0.164 e. The average Bonchev–Trinajstić information content (AvgIpc) is 3.34. The van der Waals surface area contributed by atoms with E-state index in [2.05, 4.69) is 39.0 Å². The number of rotatable bonds is 5. The second kappa shape index (κ2) is 6.94. The van der Waals surface area contributed by atoms with Crippen LogP contribution in [0.25, 0.3) is 0 Å². The fraction of sp³-hybridized carbons (Fsp3) is 0.381. The first kappa shape index (κ1) is 17.0. The second-order valence-electron chi connectivity index (χ2n) is 6.68. The van der Waals surface area contributed by atoms with E-state index >= 15 is 0 Å². The molecule has 0 heterocycles. The van der Waals surface area contributed by atoms with E-state index in [1.54, 1.807) is 6.92 Å². The Morgan fingerprint density at radius 3 is 2.42 bits per heavy atom. The predicted octanol–water partition coefficient (Wildman–Crippen LogP) is 5.79. The fourth-order valence-corrected chi connectivity index (χ4v) is 3.09. The molecule has 0 bridgehead atoms. The van der Waals surface area contributed by atoms with Gasteiger partial charge in [-0.3, -0.25) is 0 Å². The van der Waals surface area contributed by atoms with Crippen LogP contribution in [0.4, 0.5) is 0 Å². The highest BCUT2D eigenvalue weighted by Gasteiger charge is 2.27. The van der Waals surface area contributed by atoms with Crippen molar-refractivity contribution in [2.75, 3.05) is 0 Å². The van der Waals surface area contributed by atoms with Crippen molar-refractivity contribution in [3.05, 3.63) is 58.1 Å². The molecule has 0 unspecified atom stereocenters. The van der Waals surface area contributed by atoms with Gasteiger partial charge in [-0.05, 0) is 86.1 Å². The normalized spacial score (nSPS) is 13.7. The first-order chi connectivity index (χ1) is 11.5. The van der Waals surface area contributed by atoms with Gasteiger partial charge in [-0.25, -0.2) is 0 Å². The summed E-state index contributed by atoms with van der Waals surface area (Å²) in [5, 5.41) is 0.534. The molecule has 2 aromatic carbocycles. The third kappa shape index (κ3) is 3.78. The van der Waals surface area contributed by atoms with Crippen molar-refractivity contribution >= 4 is 17.3 Å². The van der Waals surface area contributed by atoms with Crippen molar-refractivity contribution in [1.29, 1.82) is 0 Å². The summed E-state index contributed by atoms with van der Waals surface area (Å²) in [6, 6.07) is 10.5. The second-order valence-corrected chi connectivity index (χ2v) is 7.26.